The normalized spacial score (nSPS) is 9.84. The minimum absolute atomic E-state index is 0.0952. The standard InChI is InChI=1S/C11H9BrF2N2O3/c1-5(12)4-15-11(19)16-9-3-8(14)7(13)2-6(9)10(17)18/h2-3H,1,4H2,(H,17,18)(H2,15,16,19). The highest BCUT2D eigenvalue weighted by Crippen LogP contribution is 2.20. The fraction of sp³-hybridized carbons (Fsp3) is 0.0909. The van der Waals surface area contributed by atoms with Crippen LogP contribution in [0.4, 0.5) is 19.3 Å². The van der Waals surface area contributed by atoms with Gasteiger partial charge in [0, 0.05) is 10.5 Å². The third-order valence-corrected chi connectivity index (χ3v) is 2.26. The lowest BCUT2D eigenvalue weighted by Crippen LogP contribution is -2.30. The van der Waals surface area contributed by atoms with Crippen LogP contribution in [-0.4, -0.2) is 23.7 Å². The summed E-state index contributed by atoms with van der Waals surface area (Å²) in [5, 5.41) is 13.3. The zero-order valence-electron chi connectivity index (χ0n) is 9.47. The summed E-state index contributed by atoms with van der Waals surface area (Å²) in [6, 6.07) is 0.326. The van der Waals surface area contributed by atoms with Gasteiger partial charge in [0.25, 0.3) is 0 Å². The molecule has 0 radical (unpaired) electrons. The average Bonchev–Trinajstić information content (AvgIpc) is 2.30. The van der Waals surface area contributed by atoms with Crippen molar-refractivity contribution in [2.24, 2.45) is 0 Å². The lowest BCUT2D eigenvalue weighted by molar-refractivity contribution is 0.0697. The maximum absolute atomic E-state index is 13.0. The summed E-state index contributed by atoms with van der Waals surface area (Å²) >= 11 is 3.01. The molecule has 1 aromatic carbocycles. The minimum Gasteiger partial charge on any atom is -0.478 e. The molecule has 102 valence electrons. The van der Waals surface area contributed by atoms with Crippen molar-refractivity contribution >= 4 is 33.6 Å². The molecule has 8 heteroatoms. The van der Waals surface area contributed by atoms with Crippen LogP contribution in [0.1, 0.15) is 10.4 Å². The Morgan fingerprint density at radius 2 is 1.89 bits per heavy atom. The van der Waals surface area contributed by atoms with Crippen LogP contribution in [0.25, 0.3) is 0 Å². The molecule has 0 aliphatic rings. The summed E-state index contributed by atoms with van der Waals surface area (Å²) in [6.45, 7) is 3.57. The SMILES string of the molecule is C=C(Br)CNC(=O)Nc1cc(F)c(F)cc1C(=O)O. The first-order chi connectivity index (χ1) is 8.81. The van der Waals surface area contributed by atoms with Gasteiger partial charge in [0.2, 0.25) is 0 Å². The van der Waals surface area contributed by atoms with Gasteiger partial charge in [0.15, 0.2) is 11.6 Å². The number of benzene rings is 1. The van der Waals surface area contributed by atoms with Crippen molar-refractivity contribution in [1.29, 1.82) is 0 Å². The van der Waals surface area contributed by atoms with Crippen molar-refractivity contribution in [1.82, 2.24) is 5.32 Å². The van der Waals surface area contributed by atoms with E-state index in [0.29, 0.717) is 16.6 Å². The van der Waals surface area contributed by atoms with E-state index in [4.69, 9.17) is 5.11 Å². The number of urea groups is 1. The summed E-state index contributed by atoms with van der Waals surface area (Å²) in [5.41, 5.74) is -0.893. The molecular weight excluding hydrogens is 326 g/mol. The zero-order chi connectivity index (χ0) is 14.6. The third-order valence-electron chi connectivity index (χ3n) is 1.98. The topological polar surface area (TPSA) is 78.4 Å². The van der Waals surface area contributed by atoms with E-state index in [1.54, 1.807) is 0 Å². The molecule has 0 spiro atoms. The molecule has 0 bridgehead atoms. The van der Waals surface area contributed by atoms with Crippen LogP contribution in [0.5, 0.6) is 0 Å². The van der Waals surface area contributed by atoms with Crippen molar-refractivity contribution < 1.29 is 23.5 Å². The maximum Gasteiger partial charge on any atom is 0.337 e. The summed E-state index contributed by atoms with van der Waals surface area (Å²) in [6.07, 6.45) is 0. The summed E-state index contributed by atoms with van der Waals surface area (Å²) in [4.78, 5) is 22.2. The quantitative estimate of drug-likeness (QED) is 0.792. The van der Waals surface area contributed by atoms with E-state index in [2.05, 4.69) is 33.1 Å². The molecule has 0 fully saturated rings. The van der Waals surface area contributed by atoms with Gasteiger partial charge in [0.1, 0.15) is 0 Å². The van der Waals surface area contributed by atoms with Crippen LogP contribution >= 0.6 is 15.9 Å². The Balaban J connectivity index is 2.93. The molecule has 0 heterocycles. The Kier molecular flexibility index (Phi) is 4.99. The number of carboxylic acids is 1. The second-order valence-electron chi connectivity index (χ2n) is 3.44. The van der Waals surface area contributed by atoms with Crippen LogP contribution in [-0.2, 0) is 0 Å². The molecule has 0 aliphatic carbocycles. The van der Waals surface area contributed by atoms with Gasteiger partial charge in [-0.25, -0.2) is 18.4 Å². The molecule has 19 heavy (non-hydrogen) atoms. The Labute approximate surface area is 115 Å². The molecule has 3 N–H and O–H groups in total. The lowest BCUT2D eigenvalue weighted by atomic mass is 10.1. The van der Waals surface area contributed by atoms with Crippen molar-refractivity contribution in [2.75, 3.05) is 11.9 Å². The third kappa shape index (κ3) is 4.32. The highest BCUT2D eigenvalue weighted by molar-refractivity contribution is 9.11. The summed E-state index contributed by atoms with van der Waals surface area (Å²) < 4.78 is 26.4. The number of nitrogens with one attached hydrogen (secondary N) is 2. The van der Waals surface area contributed by atoms with Gasteiger partial charge in [-0.15, -0.1) is 0 Å². The van der Waals surface area contributed by atoms with Gasteiger partial charge in [-0.2, -0.15) is 0 Å². The van der Waals surface area contributed by atoms with E-state index in [1.807, 2.05) is 0 Å². The van der Waals surface area contributed by atoms with Crippen molar-refractivity contribution in [3.05, 3.63) is 40.4 Å². The first-order valence-corrected chi connectivity index (χ1v) is 5.71. The van der Waals surface area contributed by atoms with Crippen LogP contribution in [0, 0.1) is 11.6 Å². The van der Waals surface area contributed by atoms with E-state index in [-0.39, 0.29) is 12.2 Å². The summed E-state index contributed by atoms with van der Waals surface area (Å²) in [5.74, 6) is -4.05. The van der Waals surface area contributed by atoms with Gasteiger partial charge in [0.05, 0.1) is 17.8 Å². The van der Waals surface area contributed by atoms with Crippen molar-refractivity contribution in [2.45, 2.75) is 0 Å². The molecule has 0 atom stereocenters. The van der Waals surface area contributed by atoms with Gasteiger partial charge < -0.3 is 15.7 Å². The van der Waals surface area contributed by atoms with Gasteiger partial charge in [-0.05, 0) is 6.07 Å². The van der Waals surface area contributed by atoms with E-state index in [9.17, 15) is 18.4 Å². The zero-order valence-corrected chi connectivity index (χ0v) is 11.1. The molecule has 0 saturated heterocycles. The van der Waals surface area contributed by atoms with E-state index >= 15 is 0 Å². The largest absolute Gasteiger partial charge is 0.478 e. The number of carbonyl (C=O) groups excluding carboxylic acids is 1. The van der Waals surface area contributed by atoms with E-state index in [0.717, 1.165) is 0 Å². The van der Waals surface area contributed by atoms with Crippen LogP contribution in [0.3, 0.4) is 0 Å². The number of hydrogen-bond acceptors (Lipinski definition) is 2. The Bertz CT molecular complexity index is 549. The molecule has 0 aromatic heterocycles. The Morgan fingerprint density at radius 1 is 1.32 bits per heavy atom. The van der Waals surface area contributed by atoms with Crippen LogP contribution in [0.15, 0.2) is 23.2 Å². The maximum atomic E-state index is 13.0. The molecule has 0 unspecified atom stereocenters. The fourth-order valence-electron chi connectivity index (χ4n) is 1.17. The minimum atomic E-state index is -1.49. The first-order valence-electron chi connectivity index (χ1n) is 4.91. The van der Waals surface area contributed by atoms with E-state index in [1.165, 1.54) is 0 Å². The number of aromatic carboxylic acids is 1. The number of carboxylic acid groups (broad SMARTS) is 1. The van der Waals surface area contributed by atoms with Crippen LogP contribution < -0.4 is 10.6 Å². The molecule has 2 amide bonds. The second kappa shape index (κ2) is 6.28. The number of anilines is 1. The average molecular weight is 335 g/mol. The van der Waals surface area contributed by atoms with Crippen LogP contribution in [0.2, 0.25) is 0 Å². The van der Waals surface area contributed by atoms with Gasteiger partial charge >= 0.3 is 12.0 Å². The lowest BCUT2D eigenvalue weighted by Gasteiger charge is -2.10. The van der Waals surface area contributed by atoms with Gasteiger partial charge in [-0.3, -0.25) is 0 Å². The van der Waals surface area contributed by atoms with Crippen molar-refractivity contribution in [3.63, 3.8) is 0 Å². The Morgan fingerprint density at radius 3 is 2.42 bits per heavy atom. The number of amides is 2. The molecule has 0 aliphatic heterocycles. The highest BCUT2D eigenvalue weighted by Gasteiger charge is 2.16. The predicted molar refractivity (Wildman–Crippen MR) is 68.4 cm³/mol. The number of carbonyl (C=O) groups is 2. The van der Waals surface area contributed by atoms with Gasteiger partial charge in [-0.1, -0.05) is 22.5 Å². The molecule has 5 nitrogen and oxygen atoms in total. The molecular formula is C11H9BrF2N2O3. The molecule has 0 saturated carbocycles. The highest BCUT2D eigenvalue weighted by atomic mass is 79.9. The Hall–Kier alpha value is -1.96. The smallest absolute Gasteiger partial charge is 0.337 e. The number of hydrogen-bond donors (Lipinski definition) is 3. The fourth-order valence-corrected chi connectivity index (χ4v) is 1.31. The predicted octanol–water partition coefficient (Wildman–Crippen LogP) is 2.69. The number of halogens is 3. The summed E-state index contributed by atoms with van der Waals surface area (Å²) in [7, 11) is 0. The second-order valence-corrected chi connectivity index (χ2v) is 4.56. The van der Waals surface area contributed by atoms with E-state index < -0.39 is 29.2 Å². The number of rotatable bonds is 4. The first kappa shape index (κ1) is 15.1. The molecule has 1 rings (SSSR count). The van der Waals surface area contributed by atoms with Crippen molar-refractivity contribution in [3.8, 4) is 0 Å². The monoisotopic (exact) mass is 334 g/mol. The molecule has 1 aromatic rings.